The van der Waals surface area contributed by atoms with E-state index in [4.69, 9.17) is 26.4 Å². The van der Waals surface area contributed by atoms with Crippen molar-refractivity contribution in [1.29, 1.82) is 0 Å². The SMILES string of the molecule is CC1(C)O[C@@H]2[C@H](O1)[C@@H](CO)O[C@H]2N1CC(CO)C(=O)NC1=S. The monoisotopic (exact) mass is 332 g/mol. The van der Waals surface area contributed by atoms with Crippen molar-refractivity contribution < 1.29 is 29.2 Å². The predicted octanol–water partition coefficient (Wildman–Crippen LogP) is -1.45. The molecular formula is C13H20N2O6S. The second-order valence-corrected chi connectivity index (χ2v) is 6.53. The summed E-state index contributed by atoms with van der Waals surface area (Å²) in [5.74, 6) is -1.67. The van der Waals surface area contributed by atoms with Crippen molar-refractivity contribution in [2.75, 3.05) is 19.8 Å². The van der Waals surface area contributed by atoms with Gasteiger partial charge >= 0.3 is 0 Å². The third-order valence-electron chi connectivity index (χ3n) is 4.11. The van der Waals surface area contributed by atoms with Crippen LogP contribution in [0, 0.1) is 5.92 Å². The van der Waals surface area contributed by atoms with Gasteiger partial charge < -0.3 is 34.6 Å². The van der Waals surface area contributed by atoms with E-state index in [1.165, 1.54) is 0 Å². The van der Waals surface area contributed by atoms with Crippen LogP contribution < -0.4 is 5.32 Å². The molecule has 3 aliphatic heterocycles. The number of nitrogens with zero attached hydrogens (tertiary/aromatic N) is 1. The van der Waals surface area contributed by atoms with Gasteiger partial charge in [-0.05, 0) is 26.1 Å². The fraction of sp³-hybridized carbons (Fsp3) is 0.846. The summed E-state index contributed by atoms with van der Waals surface area (Å²) >= 11 is 5.21. The molecule has 1 unspecified atom stereocenters. The highest BCUT2D eigenvalue weighted by Crippen LogP contribution is 2.40. The molecule has 3 heterocycles. The zero-order chi connectivity index (χ0) is 16.1. The van der Waals surface area contributed by atoms with Crippen LogP contribution in [0.25, 0.3) is 0 Å². The summed E-state index contributed by atoms with van der Waals surface area (Å²) in [7, 11) is 0. The maximum atomic E-state index is 11.7. The van der Waals surface area contributed by atoms with Crippen molar-refractivity contribution in [3.8, 4) is 0 Å². The van der Waals surface area contributed by atoms with Crippen LogP contribution in [0.3, 0.4) is 0 Å². The van der Waals surface area contributed by atoms with E-state index < -0.39 is 36.2 Å². The molecule has 9 heteroatoms. The van der Waals surface area contributed by atoms with Gasteiger partial charge in [0.25, 0.3) is 0 Å². The molecule has 0 saturated carbocycles. The second-order valence-electron chi connectivity index (χ2n) is 6.14. The largest absolute Gasteiger partial charge is 0.395 e. The fourth-order valence-corrected chi connectivity index (χ4v) is 3.38. The second kappa shape index (κ2) is 5.66. The van der Waals surface area contributed by atoms with Crippen LogP contribution in [-0.4, -0.2) is 76.2 Å². The lowest BCUT2D eigenvalue weighted by molar-refractivity contribution is -0.204. The first-order valence-corrected chi connectivity index (χ1v) is 7.61. The maximum absolute atomic E-state index is 11.7. The average molecular weight is 332 g/mol. The van der Waals surface area contributed by atoms with Crippen LogP contribution >= 0.6 is 12.2 Å². The third kappa shape index (κ3) is 2.61. The van der Waals surface area contributed by atoms with Crippen molar-refractivity contribution in [2.24, 2.45) is 5.92 Å². The van der Waals surface area contributed by atoms with Crippen LogP contribution in [0.4, 0.5) is 0 Å². The van der Waals surface area contributed by atoms with Gasteiger partial charge in [-0.25, -0.2) is 0 Å². The number of hydrogen-bond donors (Lipinski definition) is 3. The molecule has 3 rings (SSSR count). The summed E-state index contributed by atoms with van der Waals surface area (Å²) < 4.78 is 17.5. The molecule has 124 valence electrons. The number of nitrogens with one attached hydrogen (secondary N) is 1. The summed E-state index contributed by atoms with van der Waals surface area (Å²) in [6.45, 7) is 3.34. The van der Waals surface area contributed by atoms with Crippen LogP contribution in [0.2, 0.25) is 0 Å². The first kappa shape index (κ1) is 16.0. The molecule has 3 fully saturated rings. The number of ether oxygens (including phenoxy) is 3. The Labute approximate surface area is 133 Å². The molecule has 3 saturated heterocycles. The molecule has 0 radical (unpaired) electrons. The van der Waals surface area contributed by atoms with Crippen LogP contribution in [0.5, 0.6) is 0 Å². The van der Waals surface area contributed by atoms with E-state index in [1.807, 2.05) is 0 Å². The van der Waals surface area contributed by atoms with Gasteiger partial charge in [-0.2, -0.15) is 0 Å². The summed E-state index contributed by atoms with van der Waals surface area (Å²) in [6.07, 6.45) is -1.94. The Kier molecular flexibility index (Phi) is 4.12. The third-order valence-corrected chi connectivity index (χ3v) is 4.45. The molecule has 5 atom stereocenters. The Morgan fingerprint density at radius 3 is 2.64 bits per heavy atom. The van der Waals surface area contributed by atoms with E-state index in [-0.39, 0.29) is 30.8 Å². The molecule has 0 spiro atoms. The zero-order valence-corrected chi connectivity index (χ0v) is 13.2. The number of rotatable bonds is 3. The van der Waals surface area contributed by atoms with E-state index in [9.17, 15) is 15.0 Å². The molecular weight excluding hydrogens is 312 g/mol. The Balaban J connectivity index is 1.81. The molecule has 0 bridgehead atoms. The minimum atomic E-state index is -0.776. The smallest absolute Gasteiger partial charge is 0.233 e. The van der Waals surface area contributed by atoms with Crippen molar-refractivity contribution >= 4 is 23.2 Å². The molecule has 1 amide bonds. The van der Waals surface area contributed by atoms with Gasteiger partial charge in [0, 0.05) is 6.54 Å². The van der Waals surface area contributed by atoms with Gasteiger partial charge in [-0.15, -0.1) is 0 Å². The van der Waals surface area contributed by atoms with Crippen molar-refractivity contribution in [3.05, 3.63) is 0 Å². The molecule has 0 aromatic heterocycles. The van der Waals surface area contributed by atoms with E-state index in [0.717, 1.165) is 0 Å². The van der Waals surface area contributed by atoms with Gasteiger partial charge in [0.2, 0.25) is 5.91 Å². The number of fused-ring (bicyclic) bond motifs is 1. The molecule has 0 aromatic carbocycles. The predicted molar refractivity (Wildman–Crippen MR) is 77.6 cm³/mol. The van der Waals surface area contributed by atoms with Crippen LogP contribution in [0.15, 0.2) is 0 Å². The van der Waals surface area contributed by atoms with E-state index >= 15 is 0 Å². The quantitative estimate of drug-likeness (QED) is 0.540. The topological polar surface area (TPSA) is 100 Å². The van der Waals surface area contributed by atoms with Crippen molar-refractivity contribution in [3.63, 3.8) is 0 Å². The number of aliphatic hydroxyl groups excluding tert-OH is 2. The minimum Gasteiger partial charge on any atom is -0.395 e. The van der Waals surface area contributed by atoms with Gasteiger partial charge in [0.15, 0.2) is 17.1 Å². The molecule has 3 N–H and O–H groups in total. The number of hydrogen-bond acceptors (Lipinski definition) is 7. The summed E-state index contributed by atoms with van der Waals surface area (Å²) in [4.78, 5) is 13.4. The van der Waals surface area contributed by atoms with Crippen molar-refractivity contribution in [1.82, 2.24) is 10.2 Å². The molecule has 0 aliphatic carbocycles. The van der Waals surface area contributed by atoms with E-state index in [0.29, 0.717) is 0 Å². The molecule has 0 aromatic rings. The summed E-state index contributed by atoms with van der Waals surface area (Å²) in [6, 6.07) is 0. The highest BCUT2D eigenvalue weighted by Gasteiger charge is 2.57. The maximum Gasteiger partial charge on any atom is 0.233 e. The zero-order valence-electron chi connectivity index (χ0n) is 12.4. The number of carbonyl (C=O) groups excluding carboxylic acids is 1. The molecule has 8 nitrogen and oxygen atoms in total. The number of thiocarbonyl (C=S) groups is 1. The standard InChI is InChI=1S/C13H20N2O6S/c1-13(2)20-8-7(5-17)19-11(9(8)21-13)15-3-6(4-16)10(18)14-12(15)22/h6-9,11,16-17H,3-5H2,1-2H3,(H,14,18,22)/t6?,7-,8-,9-,11-/m1/s1. The van der Waals surface area contributed by atoms with Crippen molar-refractivity contribution in [2.45, 2.75) is 44.2 Å². The highest BCUT2D eigenvalue weighted by molar-refractivity contribution is 7.80. The number of aliphatic hydroxyl groups is 2. The first-order valence-electron chi connectivity index (χ1n) is 7.20. The van der Waals surface area contributed by atoms with E-state index in [1.54, 1.807) is 18.7 Å². The Hall–Kier alpha value is -0.840. The normalized spacial score (nSPS) is 40.7. The lowest BCUT2D eigenvalue weighted by Crippen LogP contribution is -2.60. The van der Waals surface area contributed by atoms with Crippen LogP contribution in [0.1, 0.15) is 13.8 Å². The highest BCUT2D eigenvalue weighted by atomic mass is 32.1. The minimum absolute atomic E-state index is 0.201. The Morgan fingerprint density at radius 1 is 1.32 bits per heavy atom. The Morgan fingerprint density at radius 2 is 2.00 bits per heavy atom. The van der Waals surface area contributed by atoms with Gasteiger partial charge in [-0.3, -0.25) is 4.79 Å². The summed E-state index contributed by atoms with van der Waals surface area (Å²) in [5.41, 5.74) is 0. The lowest BCUT2D eigenvalue weighted by Gasteiger charge is -2.39. The van der Waals surface area contributed by atoms with Gasteiger partial charge in [0.05, 0.1) is 19.1 Å². The van der Waals surface area contributed by atoms with Crippen LogP contribution in [-0.2, 0) is 19.0 Å². The van der Waals surface area contributed by atoms with Gasteiger partial charge in [-0.1, -0.05) is 0 Å². The molecule has 22 heavy (non-hydrogen) atoms. The van der Waals surface area contributed by atoms with Gasteiger partial charge in [0.1, 0.15) is 18.3 Å². The number of carbonyl (C=O) groups is 1. The van der Waals surface area contributed by atoms with E-state index in [2.05, 4.69) is 5.32 Å². The lowest BCUT2D eigenvalue weighted by atomic mass is 10.1. The number of amides is 1. The molecule has 3 aliphatic rings. The first-order chi connectivity index (χ1) is 10.4. The average Bonchev–Trinajstić information content (AvgIpc) is 2.92. The summed E-state index contributed by atoms with van der Waals surface area (Å²) in [5, 5.41) is 21.6. The Bertz CT molecular complexity index is 487. The fourth-order valence-electron chi connectivity index (χ4n) is 3.10.